The summed E-state index contributed by atoms with van der Waals surface area (Å²) in [4.78, 5) is 17.0. The molecule has 0 radical (unpaired) electrons. The van der Waals surface area contributed by atoms with Crippen molar-refractivity contribution in [2.45, 2.75) is 0 Å². The quantitative estimate of drug-likeness (QED) is 0.585. The maximum atomic E-state index is 13.3. The van der Waals surface area contributed by atoms with E-state index in [1.54, 1.807) is 35.7 Å². The molecule has 0 saturated heterocycles. The van der Waals surface area contributed by atoms with Gasteiger partial charge in [-0.15, -0.1) is 11.3 Å². The molecule has 4 aromatic rings. The van der Waals surface area contributed by atoms with Crippen LogP contribution >= 0.6 is 11.3 Å². The van der Waals surface area contributed by atoms with Crippen LogP contribution in [0.2, 0.25) is 0 Å². The highest BCUT2D eigenvalue weighted by Gasteiger charge is 2.18. The van der Waals surface area contributed by atoms with E-state index >= 15 is 0 Å². The number of thiophene rings is 1. The molecule has 0 aliphatic carbocycles. The van der Waals surface area contributed by atoms with Gasteiger partial charge in [0, 0.05) is 5.56 Å². The van der Waals surface area contributed by atoms with Crippen LogP contribution in [0.1, 0.15) is 10.6 Å². The summed E-state index contributed by atoms with van der Waals surface area (Å²) in [7, 11) is 0. The Bertz CT molecular complexity index is 1020. The lowest BCUT2D eigenvalue weighted by Gasteiger charge is -2.01. The lowest BCUT2D eigenvalue weighted by Crippen LogP contribution is -2.10. The van der Waals surface area contributed by atoms with Gasteiger partial charge in [0.25, 0.3) is 11.8 Å². The van der Waals surface area contributed by atoms with E-state index in [4.69, 9.17) is 8.94 Å². The number of halogens is 1. The summed E-state index contributed by atoms with van der Waals surface area (Å²) in [6, 6.07) is 10.8. The monoisotopic (exact) mass is 355 g/mol. The number of benzene rings is 1. The zero-order valence-corrected chi connectivity index (χ0v) is 13.4. The second-order valence-corrected chi connectivity index (χ2v) is 5.94. The van der Waals surface area contributed by atoms with E-state index in [1.807, 2.05) is 0 Å². The Balaban J connectivity index is 1.61. The summed E-state index contributed by atoms with van der Waals surface area (Å²) in [6.07, 6.45) is 1.42. The predicted octanol–water partition coefficient (Wildman–Crippen LogP) is 4.45. The molecule has 0 aliphatic heterocycles. The number of aromatic nitrogens is 2. The number of amides is 1. The Morgan fingerprint density at radius 3 is 2.92 bits per heavy atom. The summed E-state index contributed by atoms with van der Waals surface area (Å²) in [6.45, 7) is 0. The van der Waals surface area contributed by atoms with Crippen LogP contribution in [-0.4, -0.2) is 16.0 Å². The third-order valence-electron chi connectivity index (χ3n) is 3.36. The van der Waals surface area contributed by atoms with Crippen LogP contribution in [0.5, 0.6) is 0 Å². The molecular formula is C17H10FN3O3S. The van der Waals surface area contributed by atoms with Crippen LogP contribution in [0, 0.1) is 5.82 Å². The Labute approximate surface area is 144 Å². The van der Waals surface area contributed by atoms with Crippen LogP contribution < -0.4 is 5.32 Å². The summed E-state index contributed by atoms with van der Waals surface area (Å²) in [5.41, 5.74) is 1.04. The van der Waals surface area contributed by atoms with Crippen LogP contribution in [0.15, 0.2) is 63.0 Å². The Kier molecular flexibility index (Phi) is 3.87. The minimum atomic E-state index is -0.383. The molecule has 0 atom stereocenters. The standard InChI is InChI=1S/C17H10FN3O3S/c18-11-4-1-3-10(9-11)15-20-17(24-21-15)14-12(6-8-25-14)19-16(22)13-5-2-7-23-13/h1-9H,(H,19,22). The number of carbonyl (C=O) groups excluding carboxylic acids is 1. The lowest BCUT2D eigenvalue weighted by molar-refractivity contribution is 0.0997. The Morgan fingerprint density at radius 1 is 1.20 bits per heavy atom. The number of nitrogens with one attached hydrogen (secondary N) is 1. The molecule has 4 rings (SSSR count). The molecule has 0 fully saturated rings. The van der Waals surface area contributed by atoms with E-state index in [9.17, 15) is 9.18 Å². The molecule has 3 heterocycles. The van der Waals surface area contributed by atoms with Crippen molar-refractivity contribution in [3.8, 4) is 22.2 Å². The van der Waals surface area contributed by atoms with Gasteiger partial charge in [-0.25, -0.2) is 4.39 Å². The van der Waals surface area contributed by atoms with Crippen LogP contribution in [0.4, 0.5) is 10.1 Å². The van der Waals surface area contributed by atoms with Crippen molar-refractivity contribution in [2.24, 2.45) is 0 Å². The minimum Gasteiger partial charge on any atom is -0.459 e. The fourth-order valence-corrected chi connectivity index (χ4v) is 3.00. The zero-order valence-electron chi connectivity index (χ0n) is 12.6. The van der Waals surface area contributed by atoms with Crippen molar-refractivity contribution in [3.05, 3.63) is 65.7 Å². The fraction of sp³-hybridized carbons (Fsp3) is 0. The number of furan rings is 1. The lowest BCUT2D eigenvalue weighted by atomic mass is 10.2. The Hall–Kier alpha value is -3.26. The molecular weight excluding hydrogens is 345 g/mol. The summed E-state index contributed by atoms with van der Waals surface area (Å²) in [5, 5.41) is 8.41. The van der Waals surface area contributed by atoms with E-state index < -0.39 is 0 Å². The zero-order chi connectivity index (χ0) is 17.2. The average molecular weight is 355 g/mol. The second-order valence-electron chi connectivity index (χ2n) is 5.03. The van der Waals surface area contributed by atoms with Gasteiger partial charge >= 0.3 is 0 Å². The van der Waals surface area contributed by atoms with Gasteiger partial charge in [-0.3, -0.25) is 4.79 Å². The van der Waals surface area contributed by atoms with Crippen molar-refractivity contribution < 1.29 is 18.1 Å². The molecule has 1 N–H and O–H groups in total. The summed E-state index contributed by atoms with van der Waals surface area (Å²) in [5.74, 6) is -0.0563. The van der Waals surface area contributed by atoms with Gasteiger partial charge < -0.3 is 14.3 Å². The van der Waals surface area contributed by atoms with E-state index in [2.05, 4.69) is 15.5 Å². The number of rotatable bonds is 4. The molecule has 6 nitrogen and oxygen atoms in total. The third kappa shape index (κ3) is 3.07. The third-order valence-corrected chi connectivity index (χ3v) is 4.26. The smallest absolute Gasteiger partial charge is 0.291 e. The molecule has 0 bridgehead atoms. The highest BCUT2D eigenvalue weighted by molar-refractivity contribution is 7.14. The van der Waals surface area contributed by atoms with Crippen LogP contribution in [0.25, 0.3) is 22.2 Å². The second kappa shape index (κ2) is 6.33. The highest BCUT2D eigenvalue weighted by Crippen LogP contribution is 2.34. The van der Waals surface area contributed by atoms with Crippen LogP contribution in [-0.2, 0) is 0 Å². The van der Waals surface area contributed by atoms with Gasteiger partial charge in [0.15, 0.2) is 5.76 Å². The first-order chi connectivity index (χ1) is 12.2. The molecule has 0 unspecified atom stereocenters. The van der Waals surface area contributed by atoms with E-state index in [-0.39, 0.29) is 29.2 Å². The van der Waals surface area contributed by atoms with Crippen molar-refractivity contribution in [2.75, 3.05) is 5.32 Å². The predicted molar refractivity (Wildman–Crippen MR) is 89.7 cm³/mol. The van der Waals surface area contributed by atoms with Gasteiger partial charge in [0.1, 0.15) is 10.7 Å². The molecule has 1 amide bonds. The summed E-state index contributed by atoms with van der Waals surface area (Å²) >= 11 is 1.34. The van der Waals surface area contributed by atoms with E-state index in [0.717, 1.165) is 0 Å². The van der Waals surface area contributed by atoms with Gasteiger partial charge in [-0.2, -0.15) is 4.98 Å². The van der Waals surface area contributed by atoms with Crippen molar-refractivity contribution in [3.63, 3.8) is 0 Å². The first-order valence-electron chi connectivity index (χ1n) is 7.23. The first-order valence-corrected chi connectivity index (χ1v) is 8.11. The summed E-state index contributed by atoms with van der Waals surface area (Å²) < 4.78 is 23.7. The fourth-order valence-electron chi connectivity index (χ4n) is 2.23. The molecule has 0 spiro atoms. The van der Waals surface area contributed by atoms with Gasteiger partial charge in [0.2, 0.25) is 5.82 Å². The van der Waals surface area contributed by atoms with Gasteiger partial charge in [-0.1, -0.05) is 17.3 Å². The molecule has 25 heavy (non-hydrogen) atoms. The van der Waals surface area contributed by atoms with Crippen LogP contribution in [0.3, 0.4) is 0 Å². The average Bonchev–Trinajstić information content (AvgIpc) is 3.36. The molecule has 124 valence electrons. The number of nitrogens with zero attached hydrogens (tertiary/aromatic N) is 2. The first kappa shape index (κ1) is 15.3. The minimum absolute atomic E-state index is 0.197. The maximum Gasteiger partial charge on any atom is 0.291 e. The van der Waals surface area contributed by atoms with E-state index in [1.165, 1.54) is 29.7 Å². The van der Waals surface area contributed by atoms with Gasteiger partial charge in [0.05, 0.1) is 12.0 Å². The largest absolute Gasteiger partial charge is 0.459 e. The normalized spacial score (nSPS) is 10.8. The topological polar surface area (TPSA) is 81.2 Å². The molecule has 3 aromatic heterocycles. The molecule has 0 aliphatic rings. The van der Waals surface area contributed by atoms with Gasteiger partial charge in [-0.05, 0) is 35.7 Å². The Morgan fingerprint density at radius 2 is 2.12 bits per heavy atom. The molecule has 0 saturated carbocycles. The van der Waals surface area contributed by atoms with Crippen molar-refractivity contribution in [1.82, 2.24) is 10.1 Å². The number of anilines is 1. The number of carbonyl (C=O) groups is 1. The molecule has 1 aromatic carbocycles. The van der Waals surface area contributed by atoms with Crippen molar-refractivity contribution in [1.29, 1.82) is 0 Å². The number of hydrogen-bond donors (Lipinski definition) is 1. The SMILES string of the molecule is O=C(Nc1ccsc1-c1nc(-c2cccc(F)c2)no1)c1ccco1. The maximum absolute atomic E-state index is 13.3. The number of hydrogen-bond acceptors (Lipinski definition) is 6. The highest BCUT2D eigenvalue weighted by atomic mass is 32.1. The van der Waals surface area contributed by atoms with Crippen molar-refractivity contribution >= 4 is 22.9 Å². The van der Waals surface area contributed by atoms with E-state index in [0.29, 0.717) is 16.1 Å². The molecule has 8 heteroatoms.